The van der Waals surface area contributed by atoms with Crippen LogP contribution in [-0.4, -0.2) is 120 Å². The number of rotatable bonds is 27. The van der Waals surface area contributed by atoms with Gasteiger partial charge >= 0.3 is 24.1 Å². The van der Waals surface area contributed by atoms with Gasteiger partial charge in [-0.05, 0) is 106 Å². The fraction of sp³-hybridized carbons (Fsp3) is 0.761. The summed E-state index contributed by atoms with van der Waals surface area (Å²) in [6.45, 7) is 19.0. The van der Waals surface area contributed by atoms with Gasteiger partial charge in [0.1, 0.15) is 24.3 Å². The lowest BCUT2D eigenvalue weighted by Gasteiger charge is -2.34. The summed E-state index contributed by atoms with van der Waals surface area (Å²) in [6, 6.07) is 6.92. The van der Waals surface area contributed by atoms with E-state index >= 15 is 0 Å². The third-order valence-electron chi connectivity index (χ3n) is 9.84. The maximum Gasteiger partial charge on any atom is 0.410 e. The van der Waals surface area contributed by atoms with Gasteiger partial charge in [-0.3, -0.25) is 9.69 Å². The second-order valence-corrected chi connectivity index (χ2v) is 18.3. The van der Waals surface area contributed by atoms with Gasteiger partial charge in [0.05, 0.1) is 11.7 Å². The second kappa shape index (κ2) is 28.6. The Morgan fingerprint density at radius 3 is 1.89 bits per heavy atom. The van der Waals surface area contributed by atoms with E-state index in [1.807, 2.05) is 30.3 Å². The molecule has 1 heterocycles. The van der Waals surface area contributed by atoms with Gasteiger partial charge in [0.2, 0.25) is 5.91 Å². The third-order valence-corrected chi connectivity index (χ3v) is 9.84. The van der Waals surface area contributed by atoms with Crippen molar-refractivity contribution >= 4 is 30.0 Å². The van der Waals surface area contributed by atoms with Gasteiger partial charge in [-0.1, -0.05) is 68.9 Å². The molecule has 1 saturated heterocycles. The number of piperazine rings is 1. The van der Waals surface area contributed by atoms with Crippen molar-refractivity contribution < 1.29 is 48.0 Å². The van der Waals surface area contributed by atoms with E-state index in [1.165, 1.54) is 19.3 Å². The standard InChI is InChI=1S/C46H79N5O10/c1-35(2)59-41(54)38(26-27-40(53)60-45(3,4)5)49-43(56)48-37(42(55)61-46(6,7)8)24-19-20-28-47-39(52)25-18-13-11-9-10-12-14-21-29-50-30-32-51(33-31-50)44(57)58-34-36-22-16-15-17-23-36/h15-17,22-23,35,37-38,40,53H,9-14,18-21,24-34H2,1-8H3,(H,47,52)(H2,48,49,56)/t37-,38-,40?/m0/s1. The Bertz CT molecular complexity index is 1420. The maximum absolute atomic E-state index is 13.1. The number of aliphatic hydroxyl groups excluding tert-OH is 1. The monoisotopic (exact) mass is 862 g/mol. The van der Waals surface area contributed by atoms with E-state index in [-0.39, 0.29) is 31.3 Å². The number of carbonyl (C=O) groups excluding carboxylic acids is 5. The molecule has 4 amide bonds. The predicted octanol–water partition coefficient (Wildman–Crippen LogP) is 6.98. The van der Waals surface area contributed by atoms with Crippen molar-refractivity contribution in [2.24, 2.45) is 0 Å². The lowest BCUT2D eigenvalue weighted by molar-refractivity contribution is -0.170. The molecule has 1 unspecified atom stereocenters. The molecule has 2 rings (SSSR count). The summed E-state index contributed by atoms with van der Waals surface area (Å²) < 4.78 is 21.9. The summed E-state index contributed by atoms with van der Waals surface area (Å²) in [7, 11) is 0. The molecule has 1 fully saturated rings. The Hall–Kier alpha value is -3.95. The van der Waals surface area contributed by atoms with Crippen LogP contribution < -0.4 is 16.0 Å². The number of aliphatic hydroxyl groups is 1. The predicted molar refractivity (Wildman–Crippen MR) is 235 cm³/mol. The molecule has 348 valence electrons. The molecule has 15 heteroatoms. The van der Waals surface area contributed by atoms with E-state index in [2.05, 4.69) is 20.9 Å². The summed E-state index contributed by atoms with van der Waals surface area (Å²) in [5, 5.41) is 18.5. The van der Waals surface area contributed by atoms with Crippen molar-refractivity contribution in [2.75, 3.05) is 39.3 Å². The van der Waals surface area contributed by atoms with Crippen LogP contribution in [0.3, 0.4) is 0 Å². The van der Waals surface area contributed by atoms with Crippen molar-refractivity contribution in [3.63, 3.8) is 0 Å². The summed E-state index contributed by atoms with van der Waals surface area (Å²) in [4.78, 5) is 68.1. The molecule has 61 heavy (non-hydrogen) atoms. The number of carbonyl (C=O) groups is 5. The van der Waals surface area contributed by atoms with E-state index < -0.39 is 53.6 Å². The van der Waals surface area contributed by atoms with Crippen molar-refractivity contribution in [1.29, 1.82) is 0 Å². The summed E-state index contributed by atoms with van der Waals surface area (Å²) >= 11 is 0. The van der Waals surface area contributed by atoms with Crippen LogP contribution in [0, 0.1) is 0 Å². The lowest BCUT2D eigenvalue weighted by Crippen LogP contribution is -2.52. The Morgan fingerprint density at radius 1 is 0.705 bits per heavy atom. The maximum atomic E-state index is 13.1. The minimum Gasteiger partial charge on any atom is -0.461 e. The zero-order valence-corrected chi connectivity index (χ0v) is 38.6. The highest BCUT2D eigenvalue weighted by Gasteiger charge is 2.30. The number of amides is 4. The highest BCUT2D eigenvalue weighted by atomic mass is 16.6. The van der Waals surface area contributed by atoms with Crippen LogP contribution in [0.15, 0.2) is 30.3 Å². The van der Waals surface area contributed by atoms with Crippen LogP contribution in [0.1, 0.15) is 151 Å². The van der Waals surface area contributed by atoms with E-state index in [9.17, 15) is 29.1 Å². The minimum absolute atomic E-state index is 0.00319. The van der Waals surface area contributed by atoms with Crippen molar-refractivity contribution in [2.45, 2.75) is 188 Å². The van der Waals surface area contributed by atoms with E-state index in [4.69, 9.17) is 18.9 Å². The summed E-state index contributed by atoms with van der Waals surface area (Å²) in [6.07, 6.45) is 9.03. The molecule has 15 nitrogen and oxygen atoms in total. The van der Waals surface area contributed by atoms with Crippen molar-refractivity contribution in [3.8, 4) is 0 Å². The average Bonchev–Trinajstić information content (AvgIpc) is 3.17. The van der Waals surface area contributed by atoms with Gasteiger partial charge < -0.3 is 44.9 Å². The van der Waals surface area contributed by atoms with E-state index in [1.54, 1.807) is 60.3 Å². The molecule has 0 saturated carbocycles. The quantitative estimate of drug-likeness (QED) is 0.0310. The molecule has 0 spiro atoms. The Labute approximate surface area is 365 Å². The molecule has 1 aromatic carbocycles. The fourth-order valence-electron chi connectivity index (χ4n) is 6.76. The first-order valence-corrected chi connectivity index (χ1v) is 22.6. The van der Waals surface area contributed by atoms with Crippen LogP contribution in [0.2, 0.25) is 0 Å². The number of nitrogens with one attached hydrogen (secondary N) is 3. The average molecular weight is 862 g/mol. The normalized spacial score (nSPS) is 15.1. The van der Waals surface area contributed by atoms with Crippen LogP contribution in [0.25, 0.3) is 0 Å². The number of hydrogen-bond donors (Lipinski definition) is 4. The number of ether oxygens (including phenoxy) is 4. The largest absolute Gasteiger partial charge is 0.461 e. The first-order valence-electron chi connectivity index (χ1n) is 22.6. The highest BCUT2D eigenvalue weighted by molar-refractivity contribution is 5.87. The number of unbranched alkanes of at least 4 members (excludes halogenated alkanes) is 8. The van der Waals surface area contributed by atoms with Gasteiger partial charge in [-0.25, -0.2) is 19.2 Å². The van der Waals surface area contributed by atoms with Gasteiger partial charge in [-0.2, -0.15) is 0 Å². The molecule has 0 aromatic heterocycles. The number of hydrogen-bond acceptors (Lipinski definition) is 11. The molecule has 3 atom stereocenters. The zero-order chi connectivity index (χ0) is 45.3. The minimum atomic E-state index is -1.15. The molecule has 0 radical (unpaired) electrons. The lowest BCUT2D eigenvalue weighted by atomic mass is 10.1. The van der Waals surface area contributed by atoms with Gasteiger partial charge in [0.25, 0.3) is 0 Å². The summed E-state index contributed by atoms with van der Waals surface area (Å²) in [5.41, 5.74) is -0.392. The molecule has 1 aliphatic rings. The molecule has 0 bridgehead atoms. The third kappa shape index (κ3) is 26.2. The number of esters is 2. The Balaban J connectivity index is 1.59. The van der Waals surface area contributed by atoms with E-state index in [0.717, 1.165) is 57.3 Å². The van der Waals surface area contributed by atoms with Crippen LogP contribution >= 0.6 is 0 Å². The zero-order valence-electron chi connectivity index (χ0n) is 38.6. The second-order valence-electron chi connectivity index (χ2n) is 18.3. The van der Waals surface area contributed by atoms with Gasteiger partial charge in [-0.15, -0.1) is 0 Å². The molecular formula is C46H79N5O10. The summed E-state index contributed by atoms with van der Waals surface area (Å²) in [5.74, 6) is -1.26. The molecular weight excluding hydrogens is 783 g/mol. The van der Waals surface area contributed by atoms with Crippen LogP contribution in [0.4, 0.5) is 9.59 Å². The van der Waals surface area contributed by atoms with Crippen LogP contribution in [0.5, 0.6) is 0 Å². The highest BCUT2D eigenvalue weighted by Crippen LogP contribution is 2.16. The molecule has 0 aliphatic carbocycles. The van der Waals surface area contributed by atoms with Crippen molar-refractivity contribution in [1.82, 2.24) is 25.8 Å². The number of urea groups is 1. The smallest absolute Gasteiger partial charge is 0.410 e. The Kier molecular flexibility index (Phi) is 24.9. The van der Waals surface area contributed by atoms with Gasteiger partial charge in [0.15, 0.2) is 6.29 Å². The first-order chi connectivity index (χ1) is 28.8. The van der Waals surface area contributed by atoms with E-state index in [0.29, 0.717) is 45.5 Å². The molecule has 1 aliphatic heterocycles. The van der Waals surface area contributed by atoms with Gasteiger partial charge in [0, 0.05) is 45.6 Å². The van der Waals surface area contributed by atoms with Crippen LogP contribution in [-0.2, 0) is 39.9 Å². The number of nitrogens with zero attached hydrogens (tertiary/aromatic N) is 2. The molecule has 1 aromatic rings. The Morgan fingerprint density at radius 2 is 1.30 bits per heavy atom. The number of benzene rings is 1. The SMILES string of the molecule is CC(C)OC(=O)[C@H](CCC(O)OC(C)(C)C)NC(=O)N[C@@H](CCCCNC(=O)CCCCCCCCCCN1CCN(C(=O)OCc2ccccc2)CC1)C(=O)OC(C)(C)C. The molecule has 4 N–H and O–H groups in total. The topological polar surface area (TPSA) is 185 Å². The van der Waals surface area contributed by atoms with Crippen molar-refractivity contribution in [3.05, 3.63) is 35.9 Å². The fourth-order valence-corrected chi connectivity index (χ4v) is 6.76. The first kappa shape index (κ1) is 53.2.